The maximum absolute atomic E-state index is 10.1. The Morgan fingerprint density at radius 1 is 1.07 bits per heavy atom. The molecule has 4 rings (SSSR count). The minimum Gasteiger partial charge on any atom is -0.502 e. The van der Waals surface area contributed by atoms with Crippen LogP contribution in [-0.4, -0.2) is 65.4 Å². The summed E-state index contributed by atoms with van der Waals surface area (Å²) in [6, 6.07) is 5.34. The van der Waals surface area contributed by atoms with E-state index in [0.717, 1.165) is 30.0 Å². The molecule has 0 radical (unpaired) electrons. The molecule has 0 bridgehead atoms. The van der Waals surface area contributed by atoms with Gasteiger partial charge in [0.25, 0.3) is 5.95 Å². The van der Waals surface area contributed by atoms with Crippen LogP contribution >= 0.6 is 0 Å². The zero-order valence-corrected chi connectivity index (χ0v) is 15.7. The van der Waals surface area contributed by atoms with E-state index in [1.54, 1.807) is 29.2 Å². The van der Waals surface area contributed by atoms with Gasteiger partial charge in [-0.1, -0.05) is 0 Å². The maximum atomic E-state index is 10.1. The molecule has 0 aliphatic carbocycles. The number of rotatable bonds is 5. The van der Waals surface area contributed by atoms with Gasteiger partial charge >= 0.3 is 0 Å². The first-order chi connectivity index (χ1) is 13.7. The van der Waals surface area contributed by atoms with Gasteiger partial charge in [-0.2, -0.15) is 10.1 Å². The Morgan fingerprint density at radius 2 is 1.79 bits per heavy atom. The molecule has 9 nitrogen and oxygen atoms in total. The summed E-state index contributed by atoms with van der Waals surface area (Å²) in [5.74, 6) is 1.94. The highest BCUT2D eigenvalue weighted by Gasteiger charge is 2.16. The lowest BCUT2D eigenvalue weighted by atomic mass is 10.1. The molecular weight excluding hydrogens is 362 g/mol. The van der Waals surface area contributed by atoms with Gasteiger partial charge in [0.15, 0.2) is 11.5 Å². The van der Waals surface area contributed by atoms with Crippen molar-refractivity contribution < 1.29 is 19.3 Å². The lowest BCUT2D eigenvalue weighted by Gasteiger charge is -2.27. The molecule has 0 atom stereocenters. The van der Waals surface area contributed by atoms with Crippen LogP contribution in [0.5, 0.6) is 17.2 Å². The number of morpholine rings is 1. The lowest BCUT2D eigenvalue weighted by Crippen LogP contribution is -2.36. The fourth-order valence-corrected chi connectivity index (χ4v) is 3.06. The van der Waals surface area contributed by atoms with Gasteiger partial charge in [0.1, 0.15) is 5.82 Å². The van der Waals surface area contributed by atoms with Crippen LogP contribution in [0, 0.1) is 0 Å². The number of benzene rings is 1. The molecule has 9 heteroatoms. The van der Waals surface area contributed by atoms with Crippen LogP contribution < -0.4 is 14.4 Å². The predicted molar refractivity (Wildman–Crippen MR) is 102 cm³/mol. The molecule has 1 aromatic carbocycles. The summed E-state index contributed by atoms with van der Waals surface area (Å²) in [5.41, 5.74) is 1.61. The van der Waals surface area contributed by atoms with Gasteiger partial charge in [-0.25, -0.2) is 9.67 Å². The molecule has 2 aromatic heterocycles. The topological polar surface area (TPSA) is 94.8 Å². The second-order valence-corrected chi connectivity index (χ2v) is 6.22. The first kappa shape index (κ1) is 18.1. The molecule has 0 amide bonds. The van der Waals surface area contributed by atoms with Crippen LogP contribution in [0.3, 0.4) is 0 Å². The van der Waals surface area contributed by atoms with Crippen LogP contribution in [-0.2, 0) is 4.74 Å². The molecule has 146 valence electrons. The highest BCUT2D eigenvalue weighted by Crippen LogP contribution is 2.40. The van der Waals surface area contributed by atoms with Gasteiger partial charge in [-0.05, 0) is 23.8 Å². The van der Waals surface area contributed by atoms with Crippen LogP contribution in [0.4, 0.5) is 5.82 Å². The minimum absolute atomic E-state index is 0.0392. The zero-order valence-electron chi connectivity index (χ0n) is 15.7. The van der Waals surface area contributed by atoms with Crippen molar-refractivity contribution in [1.29, 1.82) is 0 Å². The Hall–Kier alpha value is -3.33. The van der Waals surface area contributed by atoms with Crippen molar-refractivity contribution in [1.82, 2.24) is 19.7 Å². The van der Waals surface area contributed by atoms with Crippen LogP contribution in [0.2, 0.25) is 0 Å². The predicted octanol–water partition coefficient (Wildman–Crippen LogP) is 1.89. The number of nitrogens with zero attached hydrogens (tertiary/aromatic N) is 5. The molecule has 0 unspecified atom stereocenters. The van der Waals surface area contributed by atoms with Crippen molar-refractivity contribution in [3.05, 3.63) is 36.8 Å². The summed E-state index contributed by atoms with van der Waals surface area (Å²) < 4.78 is 17.5. The average Bonchev–Trinajstić information content (AvgIpc) is 3.25. The third-order valence-electron chi connectivity index (χ3n) is 4.56. The van der Waals surface area contributed by atoms with Crippen molar-refractivity contribution in [3.8, 4) is 34.3 Å². The summed E-state index contributed by atoms with van der Waals surface area (Å²) >= 11 is 0. The van der Waals surface area contributed by atoms with Gasteiger partial charge in [0, 0.05) is 31.0 Å². The molecule has 1 aliphatic heterocycles. The van der Waals surface area contributed by atoms with E-state index in [9.17, 15) is 5.11 Å². The van der Waals surface area contributed by atoms with E-state index < -0.39 is 0 Å². The van der Waals surface area contributed by atoms with E-state index in [0.29, 0.717) is 30.7 Å². The minimum atomic E-state index is -0.0392. The third-order valence-corrected chi connectivity index (χ3v) is 4.56. The van der Waals surface area contributed by atoms with E-state index in [1.807, 2.05) is 12.3 Å². The SMILES string of the molecule is COc1cc(-c2cnn(-c3nccc(N4CCOCC4)n3)c2)cc(OC)c1O. The highest BCUT2D eigenvalue weighted by molar-refractivity contribution is 5.70. The fourth-order valence-electron chi connectivity index (χ4n) is 3.06. The van der Waals surface area contributed by atoms with Crippen LogP contribution in [0.25, 0.3) is 17.1 Å². The quantitative estimate of drug-likeness (QED) is 0.714. The monoisotopic (exact) mass is 383 g/mol. The van der Waals surface area contributed by atoms with E-state index in [2.05, 4.69) is 20.0 Å². The largest absolute Gasteiger partial charge is 0.502 e. The Labute approximate surface area is 162 Å². The van der Waals surface area contributed by atoms with Crippen molar-refractivity contribution in [2.45, 2.75) is 0 Å². The number of hydrogen-bond donors (Lipinski definition) is 1. The molecule has 1 saturated heterocycles. The molecule has 3 heterocycles. The van der Waals surface area contributed by atoms with Crippen molar-refractivity contribution >= 4 is 5.82 Å². The number of phenolic OH excluding ortho intramolecular Hbond substituents is 1. The Morgan fingerprint density at radius 3 is 2.46 bits per heavy atom. The molecule has 1 aliphatic rings. The van der Waals surface area contributed by atoms with Crippen LogP contribution in [0.1, 0.15) is 0 Å². The molecule has 1 N–H and O–H groups in total. The molecule has 0 spiro atoms. The smallest absolute Gasteiger partial charge is 0.252 e. The highest BCUT2D eigenvalue weighted by atomic mass is 16.5. The van der Waals surface area contributed by atoms with Gasteiger partial charge in [0.2, 0.25) is 5.75 Å². The summed E-state index contributed by atoms with van der Waals surface area (Å²) in [5, 5.41) is 14.5. The van der Waals surface area contributed by atoms with E-state index in [4.69, 9.17) is 14.2 Å². The van der Waals surface area contributed by atoms with Gasteiger partial charge < -0.3 is 24.2 Å². The van der Waals surface area contributed by atoms with Crippen molar-refractivity contribution in [2.75, 3.05) is 45.4 Å². The Kier molecular flexibility index (Phi) is 4.98. The second-order valence-electron chi connectivity index (χ2n) is 6.22. The molecular formula is C19H21N5O4. The summed E-state index contributed by atoms with van der Waals surface area (Å²) in [6.07, 6.45) is 5.25. The molecule has 1 fully saturated rings. The van der Waals surface area contributed by atoms with Crippen molar-refractivity contribution in [3.63, 3.8) is 0 Å². The second kappa shape index (κ2) is 7.73. The summed E-state index contributed by atoms with van der Waals surface area (Å²) in [7, 11) is 2.99. The zero-order chi connectivity index (χ0) is 19.5. The standard InChI is InChI=1S/C19H21N5O4/c1-26-15-9-13(10-16(27-2)18(15)25)14-11-21-24(12-14)19-20-4-3-17(22-19)23-5-7-28-8-6-23/h3-4,9-12,25H,5-8H2,1-2H3. The number of aromatic nitrogens is 4. The van der Waals surface area contributed by atoms with Crippen LogP contribution in [0.15, 0.2) is 36.8 Å². The van der Waals surface area contributed by atoms with Gasteiger partial charge in [-0.15, -0.1) is 0 Å². The number of methoxy groups -OCH3 is 2. The molecule has 0 saturated carbocycles. The summed E-state index contributed by atoms with van der Waals surface area (Å²) in [4.78, 5) is 11.1. The van der Waals surface area contributed by atoms with Crippen molar-refractivity contribution in [2.24, 2.45) is 0 Å². The van der Waals surface area contributed by atoms with E-state index >= 15 is 0 Å². The van der Waals surface area contributed by atoms with Gasteiger partial charge in [0.05, 0.1) is 33.6 Å². The van der Waals surface area contributed by atoms with E-state index in [-0.39, 0.29) is 5.75 Å². The normalized spacial score (nSPS) is 14.1. The first-order valence-corrected chi connectivity index (χ1v) is 8.85. The average molecular weight is 383 g/mol. The number of anilines is 1. The van der Waals surface area contributed by atoms with E-state index in [1.165, 1.54) is 14.2 Å². The van der Waals surface area contributed by atoms with Gasteiger partial charge in [-0.3, -0.25) is 0 Å². The Bertz CT molecular complexity index is 943. The third kappa shape index (κ3) is 3.44. The fraction of sp³-hybridized carbons (Fsp3) is 0.316. The first-order valence-electron chi connectivity index (χ1n) is 8.85. The number of aromatic hydroxyl groups is 1. The number of phenols is 1. The maximum Gasteiger partial charge on any atom is 0.252 e. The lowest BCUT2D eigenvalue weighted by molar-refractivity contribution is 0.122. The molecule has 3 aromatic rings. The Balaban J connectivity index is 1.65. The number of hydrogen-bond acceptors (Lipinski definition) is 8. The summed E-state index contributed by atoms with van der Waals surface area (Å²) in [6.45, 7) is 2.98. The number of ether oxygens (including phenoxy) is 3. The molecule has 28 heavy (non-hydrogen) atoms.